The Kier molecular flexibility index (Phi) is 20.4. The molecule has 0 aromatic heterocycles. The molecule has 28 heteroatoms. The topological polar surface area (TPSA) is 347 Å². The molecule has 1 amide bonds. The fraction of sp³-hybridized carbons (Fsp3) is 0.0263. The summed E-state index contributed by atoms with van der Waals surface area (Å²) in [5.74, 6) is -3.01. The predicted molar refractivity (Wildman–Crippen MR) is 223 cm³/mol. The third-order valence-corrected chi connectivity index (χ3v) is 10.6. The van der Waals surface area contributed by atoms with Crippen LogP contribution in [0.3, 0.4) is 0 Å². The number of nitrogens with one attached hydrogen (secondary N) is 3. The Balaban J connectivity index is 0.000000428. The van der Waals surface area contributed by atoms with Gasteiger partial charge in [-0.2, -0.15) is 27.0 Å². The summed E-state index contributed by atoms with van der Waals surface area (Å²) in [5.41, 5.74) is 3.67. The zero-order chi connectivity index (χ0) is 45.3. The number of nitro groups is 2. The molecule has 5 aromatic carbocycles. The van der Waals surface area contributed by atoms with E-state index in [0.717, 1.165) is 23.6 Å². The minimum absolute atomic E-state index is 0. The van der Waals surface area contributed by atoms with Crippen LogP contribution in [-0.4, -0.2) is 74.9 Å². The summed E-state index contributed by atoms with van der Waals surface area (Å²) in [6.07, 6.45) is 3.35. The average molecular weight is 1010 g/mol. The maximum absolute atomic E-state index is 12.6. The zero-order valence-electron chi connectivity index (χ0n) is 34.6. The van der Waals surface area contributed by atoms with Crippen molar-refractivity contribution >= 4 is 99.3 Å². The smallest absolute Gasteiger partial charge is 0.506 e. The van der Waals surface area contributed by atoms with Crippen LogP contribution in [0.5, 0.6) is 11.5 Å². The normalized spacial score (nSPS) is 13.7. The number of anilines is 3. The Hall–Kier alpha value is -4.66. The number of non-ortho nitro benzene ring substituents is 2. The summed E-state index contributed by atoms with van der Waals surface area (Å²) in [7, 11) is -9.84. The van der Waals surface area contributed by atoms with Crippen LogP contribution in [0.1, 0.15) is 29.2 Å². The quantitative estimate of drug-likeness (QED) is 0.0243. The fourth-order valence-corrected chi connectivity index (χ4v) is 7.44. The Morgan fingerprint density at radius 1 is 0.697 bits per heavy atom. The van der Waals surface area contributed by atoms with Gasteiger partial charge in [-0.1, -0.05) is 48.5 Å². The number of rotatable bonds is 9. The van der Waals surface area contributed by atoms with Gasteiger partial charge in [-0.3, -0.25) is 54.6 Å². The predicted octanol–water partition coefficient (Wildman–Crippen LogP) is -3.99. The minimum Gasteiger partial charge on any atom is -0.506 e. The van der Waals surface area contributed by atoms with E-state index in [0.29, 0.717) is 23.1 Å². The van der Waals surface area contributed by atoms with E-state index in [-0.39, 0.29) is 151 Å². The summed E-state index contributed by atoms with van der Waals surface area (Å²) in [5, 5.41) is 54.5. The van der Waals surface area contributed by atoms with Crippen LogP contribution in [0, 0.1) is 20.2 Å². The number of amides is 1. The minimum atomic E-state index is -5.00. The molecule has 0 aliphatic heterocycles. The molecule has 0 saturated carbocycles. The number of carbonyl (C=O) groups excluding carboxylic acids is 3. The number of benzene rings is 5. The Morgan fingerprint density at radius 3 is 1.97 bits per heavy atom. The average Bonchev–Trinajstić information content (AvgIpc) is 3.20. The van der Waals surface area contributed by atoms with Gasteiger partial charge in [-0.05, 0) is 35.2 Å². The fourth-order valence-electron chi connectivity index (χ4n) is 6.11. The number of aromatic hydroxyl groups is 2. The standard InChI is InChI=1S/C20H13N3O7S.C18H14N4O8S.Cr.3Na/c24-16-8-5-11-3-1-2-4-13(11)19(16)21-22-20-14-7-6-12(23(26)27)9-15(14)18(10-17(20)25)31(28,29)30;1-9(23)19-12-4-2-3-10-5-6-14(24)17(16(10)12)21-20-13-7-11(22(26)27)8-15(18(13)25)31(28,29)30;;;;/h1-10,21,24H,(H,28,29,30);2-8,20,25H,1H3,(H,19,23)(H,28,29,30);;;;/q;;;3*+1/b;21-17-;;;;. The Bertz CT molecular complexity index is 3190. The molecule has 22 nitrogen and oxygen atoms in total. The van der Waals surface area contributed by atoms with Crippen LogP contribution in [0.25, 0.3) is 21.8 Å². The van der Waals surface area contributed by atoms with Gasteiger partial charge < -0.3 is 15.5 Å². The van der Waals surface area contributed by atoms with Gasteiger partial charge in [0, 0.05) is 76.7 Å². The van der Waals surface area contributed by atoms with Crippen molar-refractivity contribution < 1.29 is 166 Å². The van der Waals surface area contributed by atoms with Gasteiger partial charge in [0.1, 0.15) is 38.3 Å². The zero-order valence-corrected chi connectivity index (χ0v) is 43.5. The molecular formula is C38H27CrN7Na3O15S2+3. The molecule has 0 fully saturated rings. The van der Waals surface area contributed by atoms with E-state index in [4.69, 9.17) is 0 Å². The number of allylic oxidation sites excluding steroid dienone is 2. The second-order valence-corrected chi connectivity index (χ2v) is 15.7. The first-order chi connectivity index (χ1) is 29.1. The third kappa shape index (κ3) is 12.9. The molecule has 2 aliphatic carbocycles. The van der Waals surface area contributed by atoms with Crippen molar-refractivity contribution in [1.29, 1.82) is 0 Å². The first kappa shape index (κ1) is 57.5. The van der Waals surface area contributed by atoms with Gasteiger partial charge in [-0.15, -0.1) is 0 Å². The van der Waals surface area contributed by atoms with Gasteiger partial charge >= 0.3 is 88.7 Å². The first-order valence-electron chi connectivity index (χ1n) is 17.2. The molecule has 0 saturated heterocycles. The monoisotopic (exact) mass is 1010 g/mol. The van der Waals surface area contributed by atoms with Gasteiger partial charge in [0.05, 0.1) is 15.5 Å². The molecule has 2 aliphatic rings. The SMILES string of the molecule is CC(=O)Nc1cccc2c1/C(=N\Nc1cc([N+](=O)[O-])cc(S(=O)(=O)O)c1O)C(=O)C=C2.O=C1C=C(S(=O)(=O)O)c2cc([N+](=O)[O-])ccc2C1=NNc1c(O)ccc2ccccc12.[Cr].[Na+].[Na+].[Na+]. The van der Waals surface area contributed by atoms with Crippen LogP contribution < -0.4 is 105 Å². The molecule has 0 atom stereocenters. The molecule has 0 unspecified atom stereocenters. The van der Waals surface area contributed by atoms with E-state index in [1.807, 2.05) is 12.1 Å². The van der Waals surface area contributed by atoms with Gasteiger partial charge in [0.2, 0.25) is 17.5 Å². The van der Waals surface area contributed by atoms with E-state index in [1.54, 1.807) is 30.3 Å². The van der Waals surface area contributed by atoms with Crippen LogP contribution in [0.4, 0.5) is 28.4 Å². The van der Waals surface area contributed by atoms with E-state index in [9.17, 15) is 70.8 Å². The number of phenols is 2. The second-order valence-electron chi connectivity index (χ2n) is 12.9. The Morgan fingerprint density at radius 2 is 1.35 bits per heavy atom. The van der Waals surface area contributed by atoms with Crippen molar-refractivity contribution in [1.82, 2.24) is 0 Å². The molecule has 0 heterocycles. The molecule has 0 radical (unpaired) electrons. The maximum atomic E-state index is 12.6. The molecule has 5 aromatic rings. The van der Waals surface area contributed by atoms with Crippen LogP contribution in [0.15, 0.2) is 112 Å². The van der Waals surface area contributed by atoms with Gasteiger partial charge in [-0.25, -0.2) is 0 Å². The number of carbonyl (C=O) groups is 3. The number of phenolic OH excluding ortho intramolecular Hbond substituents is 2. The number of nitro benzene ring substituents is 2. The van der Waals surface area contributed by atoms with Crippen molar-refractivity contribution in [3.05, 3.63) is 140 Å². The van der Waals surface area contributed by atoms with E-state index in [2.05, 4.69) is 26.4 Å². The van der Waals surface area contributed by atoms with Crippen LogP contribution in [-0.2, 0) is 52.0 Å². The number of hydrazone groups is 2. The molecule has 322 valence electrons. The number of hydrogen-bond acceptors (Lipinski definition) is 17. The summed E-state index contributed by atoms with van der Waals surface area (Å²) in [6.45, 7) is 1.27. The molecule has 66 heavy (non-hydrogen) atoms. The van der Waals surface area contributed by atoms with Gasteiger partial charge in [0.15, 0.2) is 5.75 Å². The largest absolute Gasteiger partial charge is 1.00 e. The molecule has 0 spiro atoms. The molecule has 0 bridgehead atoms. The molecular weight excluding hydrogens is 980 g/mol. The summed E-state index contributed by atoms with van der Waals surface area (Å²) in [4.78, 5) is 55.2. The number of hydrogen-bond donors (Lipinski definition) is 7. The number of ketones is 2. The van der Waals surface area contributed by atoms with Gasteiger partial charge in [0.25, 0.3) is 31.6 Å². The first-order valence-corrected chi connectivity index (χ1v) is 20.1. The Labute approximate surface area is 450 Å². The number of nitrogens with zero attached hydrogens (tertiary/aromatic N) is 4. The van der Waals surface area contributed by atoms with Crippen molar-refractivity contribution in [2.45, 2.75) is 11.8 Å². The molecule has 7 rings (SSSR count). The summed E-state index contributed by atoms with van der Waals surface area (Å²) < 4.78 is 65.1. The van der Waals surface area contributed by atoms with Crippen LogP contribution in [0.2, 0.25) is 0 Å². The maximum Gasteiger partial charge on any atom is 1.00 e. The van der Waals surface area contributed by atoms with Crippen molar-refractivity contribution in [3.63, 3.8) is 0 Å². The summed E-state index contributed by atoms with van der Waals surface area (Å²) >= 11 is 0. The van der Waals surface area contributed by atoms with Crippen LogP contribution >= 0.6 is 0 Å². The van der Waals surface area contributed by atoms with Crippen molar-refractivity contribution in [3.8, 4) is 11.5 Å². The van der Waals surface area contributed by atoms with Crippen molar-refractivity contribution in [2.75, 3.05) is 16.2 Å². The number of fused-ring (bicyclic) bond motifs is 3. The van der Waals surface area contributed by atoms with E-state index >= 15 is 0 Å². The van der Waals surface area contributed by atoms with E-state index in [1.165, 1.54) is 37.3 Å². The second kappa shape index (κ2) is 23.4. The van der Waals surface area contributed by atoms with E-state index < -0.39 is 80.2 Å². The third-order valence-electron chi connectivity index (χ3n) is 8.82. The van der Waals surface area contributed by atoms with Crippen molar-refractivity contribution in [2.24, 2.45) is 10.2 Å². The molecule has 7 N–H and O–H groups in total. The summed E-state index contributed by atoms with van der Waals surface area (Å²) in [6, 6.07) is 19.5.